The lowest BCUT2D eigenvalue weighted by Gasteiger charge is -2.14. The zero-order chi connectivity index (χ0) is 28.4. The molecule has 204 valence electrons. The zero-order valence-corrected chi connectivity index (χ0v) is 21.7. The van der Waals surface area contributed by atoms with Crippen LogP contribution in [0.2, 0.25) is 0 Å². The van der Waals surface area contributed by atoms with Crippen molar-refractivity contribution in [1.29, 1.82) is 0 Å². The first-order valence-corrected chi connectivity index (χ1v) is 12.7. The van der Waals surface area contributed by atoms with Gasteiger partial charge in [0, 0.05) is 41.9 Å². The molecule has 9 heteroatoms. The summed E-state index contributed by atoms with van der Waals surface area (Å²) in [6.07, 6.45) is -1.68. The van der Waals surface area contributed by atoms with Crippen LogP contribution in [0.1, 0.15) is 70.2 Å². The third-order valence-corrected chi connectivity index (χ3v) is 6.85. The number of hydrogen-bond acceptors (Lipinski definition) is 5. The largest absolute Gasteiger partial charge is 0.433 e. The summed E-state index contributed by atoms with van der Waals surface area (Å²) in [7, 11) is 0. The minimum atomic E-state index is -4.54. The fraction of sp³-hybridized carbons (Fsp3) is 0.226. The van der Waals surface area contributed by atoms with Gasteiger partial charge in [0.05, 0.1) is 11.4 Å². The Morgan fingerprint density at radius 1 is 1.02 bits per heavy atom. The number of aromatic nitrogens is 2. The number of benzene rings is 2. The van der Waals surface area contributed by atoms with Crippen LogP contribution in [0.25, 0.3) is 11.1 Å². The lowest BCUT2D eigenvalue weighted by atomic mass is 9.90. The quantitative estimate of drug-likeness (QED) is 0.175. The van der Waals surface area contributed by atoms with Gasteiger partial charge in [0.15, 0.2) is 11.9 Å². The molecule has 0 spiro atoms. The van der Waals surface area contributed by atoms with Gasteiger partial charge in [-0.2, -0.15) is 13.2 Å². The van der Waals surface area contributed by atoms with Crippen LogP contribution in [0, 0.1) is 12.7 Å². The topological polar surface area (TPSA) is 64.4 Å². The van der Waals surface area contributed by atoms with E-state index in [0.717, 1.165) is 23.5 Å². The number of carbonyl (C=O) groups excluding carboxylic acids is 1. The molecule has 3 heterocycles. The van der Waals surface area contributed by atoms with Crippen molar-refractivity contribution >= 4 is 11.5 Å². The summed E-state index contributed by atoms with van der Waals surface area (Å²) >= 11 is 0. The number of halogens is 4. The Kier molecular flexibility index (Phi) is 7.47. The number of aryl methyl sites for hydroxylation is 1. The van der Waals surface area contributed by atoms with E-state index < -0.39 is 23.6 Å². The maximum Gasteiger partial charge on any atom is 0.433 e. The van der Waals surface area contributed by atoms with Crippen LogP contribution in [0.3, 0.4) is 0 Å². The highest BCUT2D eigenvalue weighted by atomic mass is 19.4. The molecule has 5 rings (SSSR count). The maximum absolute atomic E-state index is 15.0. The first-order chi connectivity index (χ1) is 19.1. The lowest BCUT2D eigenvalue weighted by Crippen LogP contribution is -2.10. The monoisotopic (exact) mass is 547 g/mol. The molecule has 2 aromatic carbocycles. The van der Waals surface area contributed by atoms with Crippen LogP contribution < -0.4 is 0 Å². The van der Waals surface area contributed by atoms with E-state index in [1.807, 2.05) is 12.1 Å². The number of rotatable bonds is 7. The van der Waals surface area contributed by atoms with Crippen LogP contribution >= 0.6 is 0 Å². The van der Waals surface area contributed by atoms with Gasteiger partial charge in [-0.3, -0.25) is 14.8 Å². The Labute approximate surface area is 228 Å². The second kappa shape index (κ2) is 11.0. The van der Waals surface area contributed by atoms with Crippen molar-refractivity contribution in [2.24, 2.45) is 5.16 Å². The average molecular weight is 548 g/mol. The summed E-state index contributed by atoms with van der Waals surface area (Å²) in [5, 5.41) is 4.24. The van der Waals surface area contributed by atoms with Gasteiger partial charge in [0.2, 0.25) is 0 Å². The van der Waals surface area contributed by atoms with Gasteiger partial charge in [-0.15, -0.1) is 0 Å². The number of Topliss-reactive ketones (excluding diaryl/α,β-unsaturated/α-hetero) is 1. The van der Waals surface area contributed by atoms with Crippen LogP contribution in [0.5, 0.6) is 0 Å². The molecular weight excluding hydrogens is 522 g/mol. The van der Waals surface area contributed by atoms with Crippen molar-refractivity contribution in [3.8, 4) is 11.1 Å². The number of nitrogens with zero attached hydrogens (tertiary/aromatic N) is 3. The van der Waals surface area contributed by atoms with Gasteiger partial charge < -0.3 is 4.84 Å². The molecule has 2 atom stereocenters. The lowest BCUT2D eigenvalue weighted by molar-refractivity contribution is -0.141. The van der Waals surface area contributed by atoms with Crippen LogP contribution in [-0.2, 0) is 11.0 Å². The van der Waals surface area contributed by atoms with Gasteiger partial charge in [-0.05, 0) is 72.0 Å². The third-order valence-electron chi connectivity index (χ3n) is 6.85. The molecule has 0 fully saturated rings. The molecule has 0 amide bonds. The van der Waals surface area contributed by atoms with E-state index in [9.17, 15) is 22.4 Å². The Morgan fingerprint density at radius 2 is 1.82 bits per heavy atom. The smallest absolute Gasteiger partial charge is 0.385 e. The normalized spacial score (nSPS) is 15.8. The summed E-state index contributed by atoms with van der Waals surface area (Å²) in [5.41, 5.74) is 3.39. The van der Waals surface area contributed by atoms with Gasteiger partial charge in [0.1, 0.15) is 11.5 Å². The second-order valence-electron chi connectivity index (χ2n) is 9.88. The van der Waals surface area contributed by atoms with E-state index in [0.29, 0.717) is 39.9 Å². The molecule has 5 nitrogen and oxygen atoms in total. The minimum absolute atomic E-state index is 0.0197. The standard InChI is InChI=1S/C31H25F4N3O2/c1-18-6-8-24(25(32)11-18)21-13-22(27-16-29(40-38-27)26-5-3-4-10-36-26)15-23(14-21)28(39)12-19(2)20-7-9-30(37-17-20)31(33,34)35/h3-11,13-15,17,19,29H,12,16H2,1-2H3/t19-,29?/m0/s1. The predicted octanol–water partition coefficient (Wildman–Crippen LogP) is 7.85. The molecule has 0 N–H and O–H groups in total. The van der Waals surface area contributed by atoms with Gasteiger partial charge in [0.25, 0.3) is 0 Å². The van der Waals surface area contributed by atoms with Crippen molar-refractivity contribution in [3.05, 3.63) is 119 Å². The van der Waals surface area contributed by atoms with Gasteiger partial charge in [-0.1, -0.05) is 36.3 Å². The molecule has 1 unspecified atom stereocenters. The number of ketones is 1. The SMILES string of the molecule is Cc1ccc(-c2cc(C(=O)C[C@H](C)c3ccc(C(F)(F)F)nc3)cc(C3=NOC(c4ccccn4)C3)c2)c(F)c1. The van der Waals surface area contributed by atoms with Gasteiger partial charge in [-0.25, -0.2) is 4.39 Å². The van der Waals surface area contributed by atoms with Gasteiger partial charge >= 0.3 is 6.18 Å². The van der Waals surface area contributed by atoms with E-state index >= 15 is 0 Å². The maximum atomic E-state index is 15.0. The predicted molar refractivity (Wildman–Crippen MR) is 142 cm³/mol. The first-order valence-electron chi connectivity index (χ1n) is 12.7. The molecule has 0 saturated carbocycles. The molecule has 0 radical (unpaired) electrons. The first kappa shape index (κ1) is 27.2. The highest BCUT2D eigenvalue weighted by molar-refractivity contribution is 6.06. The van der Waals surface area contributed by atoms with E-state index in [1.165, 1.54) is 12.1 Å². The molecule has 0 bridgehead atoms. The number of hydrogen-bond donors (Lipinski definition) is 0. The molecule has 2 aromatic heterocycles. The van der Waals surface area contributed by atoms with Crippen LogP contribution in [-0.4, -0.2) is 21.5 Å². The highest BCUT2D eigenvalue weighted by Crippen LogP contribution is 2.33. The van der Waals surface area contributed by atoms with Crippen LogP contribution in [0.15, 0.2) is 84.3 Å². The number of oxime groups is 1. The minimum Gasteiger partial charge on any atom is -0.385 e. The number of carbonyl (C=O) groups is 1. The Hall–Kier alpha value is -4.40. The fourth-order valence-electron chi connectivity index (χ4n) is 4.62. The Bertz CT molecular complexity index is 1570. The summed E-state index contributed by atoms with van der Waals surface area (Å²) in [6.45, 7) is 3.54. The number of alkyl halides is 3. The molecule has 0 saturated heterocycles. The van der Waals surface area contributed by atoms with Crippen molar-refractivity contribution in [1.82, 2.24) is 9.97 Å². The Balaban J connectivity index is 1.45. The fourth-order valence-corrected chi connectivity index (χ4v) is 4.62. The molecule has 40 heavy (non-hydrogen) atoms. The molecule has 1 aliphatic heterocycles. The molecule has 4 aromatic rings. The highest BCUT2D eigenvalue weighted by Gasteiger charge is 2.32. The zero-order valence-electron chi connectivity index (χ0n) is 21.7. The van der Waals surface area contributed by atoms with Crippen molar-refractivity contribution in [2.75, 3.05) is 0 Å². The Morgan fingerprint density at radius 3 is 2.50 bits per heavy atom. The van der Waals surface area contributed by atoms with Crippen LogP contribution in [0.4, 0.5) is 17.6 Å². The van der Waals surface area contributed by atoms with E-state index in [4.69, 9.17) is 4.84 Å². The molecular formula is C31H25F4N3O2. The summed E-state index contributed by atoms with van der Waals surface area (Å²) in [4.78, 5) is 26.9. The van der Waals surface area contributed by atoms with Crippen molar-refractivity contribution < 1.29 is 27.2 Å². The number of pyridine rings is 2. The molecule has 1 aliphatic rings. The second-order valence-corrected chi connectivity index (χ2v) is 9.88. The summed E-state index contributed by atoms with van der Waals surface area (Å²) < 4.78 is 53.7. The van der Waals surface area contributed by atoms with E-state index in [1.54, 1.807) is 56.4 Å². The molecule has 0 aliphatic carbocycles. The van der Waals surface area contributed by atoms with E-state index in [2.05, 4.69) is 15.1 Å². The average Bonchev–Trinajstić information content (AvgIpc) is 3.43. The summed E-state index contributed by atoms with van der Waals surface area (Å²) in [5.74, 6) is -1.06. The van der Waals surface area contributed by atoms with Crippen molar-refractivity contribution in [3.63, 3.8) is 0 Å². The van der Waals surface area contributed by atoms with E-state index in [-0.39, 0.29) is 18.3 Å². The van der Waals surface area contributed by atoms with Crippen molar-refractivity contribution in [2.45, 2.75) is 44.9 Å². The summed E-state index contributed by atoms with van der Waals surface area (Å²) in [6, 6.07) is 17.7. The third kappa shape index (κ3) is 5.93.